The number of nitrogens with one attached hydrogen (secondary N) is 1. The van der Waals surface area contributed by atoms with Crippen molar-refractivity contribution in [1.82, 2.24) is 9.55 Å². The van der Waals surface area contributed by atoms with Crippen LogP contribution in [-0.2, 0) is 0 Å². The van der Waals surface area contributed by atoms with Crippen LogP contribution in [0.15, 0.2) is 36.4 Å². The zero-order valence-corrected chi connectivity index (χ0v) is 13.0. The molecule has 0 aliphatic carbocycles. The average Bonchev–Trinajstić information content (AvgIpc) is 2.75. The molecule has 0 aliphatic rings. The molecule has 0 amide bonds. The summed E-state index contributed by atoms with van der Waals surface area (Å²) in [6.07, 6.45) is 0. The first-order valence-corrected chi connectivity index (χ1v) is 7.19. The number of nitriles is 1. The fourth-order valence-electron chi connectivity index (χ4n) is 2.04. The molecular formula is C14H7FIN3S. The Morgan fingerprint density at radius 3 is 2.60 bits per heavy atom. The maximum atomic E-state index is 13.8. The molecule has 0 unspecified atom stereocenters. The molecule has 0 bridgehead atoms. The smallest absolute Gasteiger partial charge is 0.182 e. The molecule has 98 valence electrons. The first-order chi connectivity index (χ1) is 9.60. The van der Waals surface area contributed by atoms with Crippen LogP contribution in [0.25, 0.3) is 16.7 Å². The topological polar surface area (TPSA) is 44.5 Å². The molecule has 0 saturated carbocycles. The van der Waals surface area contributed by atoms with Gasteiger partial charge < -0.3 is 4.98 Å². The van der Waals surface area contributed by atoms with E-state index in [4.69, 9.17) is 17.5 Å². The molecule has 1 N–H and O–H groups in total. The Hall–Kier alpha value is -1.72. The van der Waals surface area contributed by atoms with Gasteiger partial charge in [0, 0.05) is 11.8 Å². The van der Waals surface area contributed by atoms with E-state index < -0.39 is 0 Å². The van der Waals surface area contributed by atoms with Gasteiger partial charge in [-0.05, 0) is 65.1 Å². The maximum Gasteiger partial charge on any atom is 0.182 e. The predicted molar refractivity (Wildman–Crippen MR) is 85.8 cm³/mol. The first kappa shape index (κ1) is 13.3. The Kier molecular flexibility index (Phi) is 3.31. The second kappa shape index (κ2) is 5.00. The van der Waals surface area contributed by atoms with E-state index in [-0.39, 0.29) is 5.82 Å². The molecule has 1 heterocycles. The fraction of sp³-hybridized carbons (Fsp3) is 0. The minimum absolute atomic E-state index is 0.283. The molecular weight excluding hydrogens is 388 g/mol. The molecule has 2 aromatic carbocycles. The normalized spacial score (nSPS) is 10.7. The van der Waals surface area contributed by atoms with Gasteiger partial charge in [0.15, 0.2) is 4.77 Å². The summed E-state index contributed by atoms with van der Waals surface area (Å²) in [4.78, 5) is 3.06. The van der Waals surface area contributed by atoms with Crippen molar-refractivity contribution in [2.75, 3.05) is 0 Å². The van der Waals surface area contributed by atoms with Crippen LogP contribution in [0.2, 0.25) is 0 Å². The average molecular weight is 395 g/mol. The SMILES string of the molecule is N#Cc1ccc(-n2c(=S)[nH]c3cc(I)c(F)cc32)cc1. The van der Waals surface area contributed by atoms with Gasteiger partial charge in [0.05, 0.1) is 26.2 Å². The highest BCUT2D eigenvalue weighted by atomic mass is 127. The lowest BCUT2D eigenvalue weighted by atomic mass is 10.2. The highest BCUT2D eigenvalue weighted by molar-refractivity contribution is 14.1. The fourth-order valence-corrected chi connectivity index (χ4v) is 2.82. The Labute approximate surface area is 132 Å². The van der Waals surface area contributed by atoms with E-state index in [9.17, 15) is 4.39 Å². The number of hydrogen-bond donors (Lipinski definition) is 1. The summed E-state index contributed by atoms with van der Waals surface area (Å²) in [6, 6.07) is 12.2. The van der Waals surface area contributed by atoms with Gasteiger partial charge in [-0.1, -0.05) is 0 Å². The quantitative estimate of drug-likeness (QED) is 0.493. The summed E-state index contributed by atoms with van der Waals surface area (Å²) in [7, 11) is 0. The maximum absolute atomic E-state index is 13.8. The van der Waals surface area contributed by atoms with E-state index in [1.807, 2.05) is 22.6 Å². The number of aromatic amines is 1. The molecule has 6 heteroatoms. The molecule has 0 saturated heterocycles. The summed E-state index contributed by atoms with van der Waals surface area (Å²) in [5.74, 6) is -0.283. The number of H-pyrrole nitrogens is 1. The van der Waals surface area contributed by atoms with Gasteiger partial charge in [0.2, 0.25) is 0 Å². The van der Waals surface area contributed by atoms with Crippen LogP contribution >= 0.6 is 34.8 Å². The van der Waals surface area contributed by atoms with Gasteiger partial charge in [0.25, 0.3) is 0 Å². The predicted octanol–water partition coefficient (Wildman–Crippen LogP) is 4.30. The van der Waals surface area contributed by atoms with E-state index in [1.165, 1.54) is 6.07 Å². The zero-order valence-electron chi connectivity index (χ0n) is 10.0. The second-order valence-corrected chi connectivity index (χ2v) is 5.76. The monoisotopic (exact) mass is 395 g/mol. The zero-order chi connectivity index (χ0) is 14.3. The summed E-state index contributed by atoms with van der Waals surface area (Å²) in [6.45, 7) is 0. The lowest BCUT2D eigenvalue weighted by Crippen LogP contribution is -1.94. The van der Waals surface area contributed by atoms with Crippen LogP contribution in [0.4, 0.5) is 4.39 Å². The van der Waals surface area contributed by atoms with Crippen LogP contribution < -0.4 is 0 Å². The van der Waals surface area contributed by atoms with Crippen molar-refractivity contribution in [2.24, 2.45) is 0 Å². The van der Waals surface area contributed by atoms with Crippen molar-refractivity contribution < 1.29 is 4.39 Å². The summed E-state index contributed by atoms with van der Waals surface area (Å²) < 4.78 is 16.5. The number of hydrogen-bond acceptors (Lipinski definition) is 2. The molecule has 3 nitrogen and oxygen atoms in total. The van der Waals surface area contributed by atoms with Crippen LogP contribution in [0.5, 0.6) is 0 Å². The molecule has 0 atom stereocenters. The molecule has 3 aromatic rings. The minimum Gasteiger partial charge on any atom is -0.330 e. The number of fused-ring (bicyclic) bond motifs is 1. The van der Waals surface area contributed by atoms with Crippen molar-refractivity contribution in [3.63, 3.8) is 0 Å². The number of nitrogens with zero attached hydrogens (tertiary/aromatic N) is 2. The summed E-state index contributed by atoms with van der Waals surface area (Å²) in [5, 5.41) is 8.82. The molecule has 3 rings (SSSR count). The number of aromatic nitrogens is 2. The van der Waals surface area contributed by atoms with E-state index in [1.54, 1.807) is 34.9 Å². The van der Waals surface area contributed by atoms with Crippen LogP contribution in [-0.4, -0.2) is 9.55 Å². The number of benzene rings is 2. The molecule has 20 heavy (non-hydrogen) atoms. The third kappa shape index (κ3) is 2.13. The van der Waals surface area contributed by atoms with Gasteiger partial charge in [0.1, 0.15) is 5.82 Å². The molecule has 0 spiro atoms. The largest absolute Gasteiger partial charge is 0.330 e. The summed E-state index contributed by atoms with van der Waals surface area (Å²) in [5.41, 5.74) is 2.82. The molecule has 1 aromatic heterocycles. The van der Waals surface area contributed by atoms with Crippen molar-refractivity contribution in [3.8, 4) is 11.8 Å². The van der Waals surface area contributed by atoms with E-state index in [2.05, 4.69) is 11.1 Å². The molecule has 0 fully saturated rings. The number of rotatable bonds is 1. The summed E-state index contributed by atoms with van der Waals surface area (Å²) >= 11 is 7.24. The third-order valence-corrected chi connectivity index (χ3v) is 4.09. The number of halogens is 2. The number of imidazole rings is 1. The van der Waals surface area contributed by atoms with Gasteiger partial charge >= 0.3 is 0 Å². The highest BCUT2D eigenvalue weighted by Gasteiger charge is 2.10. The second-order valence-electron chi connectivity index (χ2n) is 4.21. The first-order valence-electron chi connectivity index (χ1n) is 5.70. The van der Waals surface area contributed by atoms with Crippen molar-refractivity contribution >= 4 is 45.8 Å². The molecule has 0 aliphatic heterocycles. The highest BCUT2D eigenvalue weighted by Crippen LogP contribution is 2.23. The van der Waals surface area contributed by atoms with Crippen molar-refractivity contribution in [3.05, 3.63) is 56.1 Å². The molecule has 0 radical (unpaired) electrons. The van der Waals surface area contributed by atoms with E-state index >= 15 is 0 Å². The minimum atomic E-state index is -0.283. The van der Waals surface area contributed by atoms with Crippen LogP contribution in [0.1, 0.15) is 5.56 Å². The van der Waals surface area contributed by atoms with Gasteiger partial charge in [-0.3, -0.25) is 4.57 Å². The van der Waals surface area contributed by atoms with E-state index in [0.29, 0.717) is 19.4 Å². The van der Waals surface area contributed by atoms with Gasteiger partial charge in [-0.15, -0.1) is 0 Å². The van der Waals surface area contributed by atoms with Crippen molar-refractivity contribution in [2.45, 2.75) is 0 Å². The van der Waals surface area contributed by atoms with Crippen LogP contribution in [0, 0.1) is 25.5 Å². The van der Waals surface area contributed by atoms with E-state index in [0.717, 1.165) is 11.2 Å². The lowest BCUT2D eigenvalue weighted by molar-refractivity contribution is 0.622. The van der Waals surface area contributed by atoms with Crippen LogP contribution in [0.3, 0.4) is 0 Å². The Bertz CT molecular complexity index is 903. The third-order valence-electron chi connectivity index (χ3n) is 2.98. The lowest BCUT2D eigenvalue weighted by Gasteiger charge is -2.05. The van der Waals surface area contributed by atoms with Gasteiger partial charge in [-0.2, -0.15) is 5.26 Å². The standard InChI is InChI=1S/C14H7FIN3S/c15-10-5-13-12(6-11(10)16)18-14(20)19(13)9-3-1-8(7-17)2-4-9/h1-6H,(H,18,20). The van der Waals surface area contributed by atoms with Crippen molar-refractivity contribution in [1.29, 1.82) is 5.26 Å². The van der Waals surface area contributed by atoms with Gasteiger partial charge in [-0.25, -0.2) is 4.39 Å². The Morgan fingerprint density at radius 2 is 1.95 bits per heavy atom. The Morgan fingerprint density at radius 1 is 1.25 bits per heavy atom. The Balaban J connectivity index is 2.30.